The molecule has 3 rings (SSSR count). The molecule has 0 amide bonds. The van der Waals surface area contributed by atoms with E-state index in [9.17, 15) is 0 Å². The normalized spacial score (nSPS) is 10.7. The van der Waals surface area contributed by atoms with E-state index in [1.54, 1.807) is 0 Å². The van der Waals surface area contributed by atoms with E-state index in [2.05, 4.69) is 67.7 Å². The molecule has 0 saturated carbocycles. The molecule has 0 N–H and O–H groups in total. The fraction of sp³-hybridized carbons (Fsp3) is 0.0556. The van der Waals surface area contributed by atoms with Gasteiger partial charge in [-0.3, -0.25) is 0 Å². The van der Waals surface area contributed by atoms with Crippen LogP contribution in [0.5, 0.6) is 0 Å². The maximum Gasteiger partial charge on any atom is 0.0641 e. The van der Waals surface area contributed by atoms with Crippen molar-refractivity contribution >= 4 is 44.1 Å². The first-order valence-electron chi connectivity index (χ1n) is 6.79. The lowest BCUT2D eigenvalue weighted by Gasteiger charge is -2.17. The van der Waals surface area contributed by atoms with Crippen LogP contribution in [0.2, 0.25) is 0 Å². The molecule has 0 aliphatic rings. The lowest BCUT2D eigenvalue weighted by molar-refractivity contribution is 0.918. The summed E-state index contributed by atoms with van der Waals surface area (Å²) in [6.07, 6.45) is 0. The van der Waals surface area contributed by atoms with E-state index in [1.165, 1.54) is 0 Å². The van der Waals surface area contributed by atoms with E-state index in [4.69, 9.17) is 12.2 Å². The molecule has 0 aliphatic heterocycles. The largest absolute Gasteiger partial charge is 0.343 e. The Labute approximate surface area is 151 Å². The maximum atomic E-state index is 5.54. The zero-order valence-electron chi connectivity index (χ0n) is 11.9. The van der Waals surface area contributed by atoms with E-state index in [-0.39, 0.29) is 0 Å². The Bertz CT molecular complexity index is 868. The fourth-order valence-corrected chi connectivity index (χ4v) is 3.56. The van der Waals surface area contributed by atoms with Gasteiger partial charge in [0.2, 0.25) is 0 Å². The number of aromatic nitrogens is 1. The second kappa shape index (κ2) is 6.49. The molecule has 1 aromatic heterocycles. The Balaban J connectivity index is 2.29. The third-order valence-corrected chi connectivity index (χ3v) is 5.49. The number of pyridine rings is 1. The van der Waals surface area contributed by atoms with Crippen molar-refractivity contribution in [2.45, 2.75) is 0 Å². The van der Waals surface area contributed by atoms with E-state index < -0.39 is 0 Å². The van der Waals surface area contributed by atoms with Crippen molar-refractivity contribution in [3.05, 3.63) is 74.1 Å². The summed E-state index contributed by atoms with van der Waals surface area (Å²) in [5.41, 5.74) is 4.47. The highest BCUT2D eigenvalue weighted by Gasteiger charge is 2.12. The molecule has 1 heterocycles. The highest BCUT2D eigenvalue weighted by atomic mass is 79.9. The van der Waals surface area contributed by atoms with Crippen LogP contribution in [0.4, 0.5) is 0 Å². The Kier molecular flexibility index (Phi) is 4.62. The van der Waals surface area contributed by atoms with Gasteiger partial charge in [-0.15, -0.1) is 0 Å². The molecule has 2 aromatic carbocycles. The summed E-state index contributed by atoms with van der Waals surface area (Å²) in [5, 5.41) is 0. The van der Waals surface area contributed by atoms with Crippen molar-refractivity contribution < 1.29 is 0 Å². The maximum absolute atomic E-state index is 5.54. The topological polar surface area (TPSA) is 4.93 Å². The first kappa shape index (κ1) is 15.7. The summed E-state index contributed by atoms with van der Waals surface area (Å²) in [5.74, 6) is 0. The van der Waals surface area contributed by atoms with Gasteiger partial charge in [0, 0.05) is 17.2 Å². The van der Waals surface area contributed by atoms with Gasteiger partial charge in [-0.1, -0.05) is 70.6 Å². The van der Waals surface area contributed by atoms with Crippen LogP contribution in [0.1, 0.15) is 0 Å². The van der Waals surface area contributed by atoms with Crippen LogP contribution in [-0.4, -0.2) is 4.57 Å². The van der Waals surface area contributed by atoms with Gasteiger partial charge in [0.15, 0.2) is 0 Å². The lowest BCUT2D eigenvalue weighted by Crippen LogP contribution is -2.02. The predicted octanol–water partition coefficient (Wildman–Crippen LogP) is 6.61. The molecule has 1 nitrogen and oxygen atoms in total. The van der Waals surface area contributed by atoms with Gasteiger partial charge < -0.3 is 4.57 Å². The fourth-order valence-electron chi connectivity index (χ4n) is 2.48. The monoisotopic (exact) mass is 433 g/mol. The van der Waals surface area contributed by atoms with Crippen molar-refractivity contribution in [3.63, 3.8) is 0 Å². The molecule has 0 atom stereocenters. The number of hydrogen-bond donors (Lipinski definition) is 0. The van der Waals surface area contributed by atoms with Gasteiger partial charge >= 0.3 is 0 Å². The van der Waals surface area contributed by atoms with Crippen molar-refractivity contribution in [3.8, 4) is 22.5 Å². The zero-order valence-corrected chi connectivity index (χ0v) is 15.9. The molecule has 0 bridgehead atoms. The van der Waals surface area contributed by atoms with E-state index in [1.807, 2.05) is 36.4 Å². The molecular formula is C18H13Br2NS. The second-order valence-corrected chi connectivity index (χ2v) is 7.14. The molecule has 0 saturated heterocycles. The number of hydrogen-bond acceptors (Lipinski definition) is 1. The van der Waals surface area contributed by atoms with Crippen molar-refractivity contribution in [2.24, 2.45) is 7.05 Å². The Morgan fingerprint density at radius 2 is 1.50 bits per heavy atom. The summed E-state index contributed by atoms with van der Waals surface area (Å²) in [7, 11) is 2.07. The highest BCUT2D eigenvalue weighted by Crippen LogP contribution is 2.34. The molecule has 4 heteroatoms. The first-order chi connectivity index (χ1) is 10.6. The molecule has 0 unspecified atom stereocenters. The van der Waals surface area contributed by atoms with Gasteiger partial charge in [0.25, 0.3) is 0 Å². The average molecular weight is 435 g/mol. The standard InChI is InChI=1S/C18H13Br2NS/c1-21-15(12-5-3-2-4-6-12)11-16(22)17(20)18(21)13-7-9-14(19)10-8-13/h2-11H,1H3. The number of halogens is 2. The first-order valence-corrected chi connectivity index (χ1v) is 8.78. The third kappa shape index (κ3) is 2.96. The molecular weight excluding hydrogens is 422 g/mol. The van der Waals surface area contributed by atoms with E-state index in [0.29, 0.717) is 0 Å². The van der Waals surface area contributed by atoms with Crippen molar-refractivity contribution in [1.82, 2.24) is 4.57 Å². The van der Waals surface area contributed by atoms with Crippen LogP contribution in [0.25, 0.3) is 22.5 Å². The molecule has 0 fully saturated rings. The Morgan fingerprint density at radius 1 is 0.864 bits per heavy atom. The molecule has 0 aliphatic carbocycles. The molecule has 0 radical (unpaired) electrons. The van der Waals surface area contributed by atoms with Gasteiger partial charge in [0.05, 0.1) is 14.7 Å². The van der Waals surface area contributed by atoms with Gasteiger partial charge in [-0.2, -0.15) is 0 Å². The summed E-state index contributed by atoms with van der Waals surface area (Å²) in [4.78, 5) is 0. The predicted molar refractivity (Wildman–Crippen MR) is 103 cm³/mol. The van der Waals surface area contributed by atoms with Gasteiger partial charge in [-0.05, 0) is 45.3 Å². The summed E-state index contributed by atoms with van der Waals surface area (Å²) in [6.45, 7) is 0. The number of benzene rings is 2. The molecule has 110 valence electrons. The molecule has 3 aromatic rings. The van der Waals surface area contributed by atoms with Crippen molar-refractivity contribution in [1.29, 1.82) is 0 Å². The smallest absolute Gasteiger partial charge is 0.0641 e. The van der Waals surface area contributed by atoms with Crippen LogP contribution in [0.3, 0.4) is 0 Å². The number of rotatable bonds is 2. The van der Waals surface area contributed by atoms with Gasteiger partial charge in [-0.25, -0.2) is 0 Å². The number of nitrogens with zero attached hydrogens (tertiary/aromatic N) is 1. The second-order valence-electron chi connectivity index (χ2n) is 4.99. The average Bonchev–Trinajstić information content (AvgIpc) is 2.54. The zero-order chi connectivity index (χ0) is 15.7. The Hall–Kier alpha value is -1.23. The molecule has 22 heavy (non-hydrogen) atoms. The van der Waals surface area contributed by atoms with Crippen LogP contribution in [-0.2, 0) is 7.05 Å². The Morgan fingerprint density at radius 3 is 2.14 bits per heavy atom. The van der Waals surface area contributed by atoms with Crippen LogP contribution < -0.4 is 0 Å². The van der Waals surface area contributed by atoms with E-state index in [0.717, 1.165) is 36.0 Å². The molecule has 0 spiro atoms. The summed E-state index contributed by atoms with van der Waals surface area (Å²) in [6, 6.07) is 20.6. The minimum absolute atomic E-state index is 0.815. The highest BCUT2D eigenvalue weighted by molar-refractivity contribution is 9.10. The van der Waals surface area contributed by atoms with Crippen LogP contribution >= 0.6 is 44.1 Å². The minimum Gasteiger partial charge on any atom is -0.343 e. The SMILES string of the molecule is Cn1c(-c2ccccc2)cc(=S)c(Br)c1-c1ccc(Br)cc1. The quantitative estimate of drug-likeness (QED) is 0.410. The summed E-state index contributed by atoms with van der Waals surface area (Å²) < 4.78 is 5.01. The lowest BCUT2D eigenvalue weighted by atomic mass is 10.1. The van der Waals surface area contributed by atoms with Crippen molar-refractivity contribution in [2.75, 3.05) is 0 Å². The van der Waals surface area contributed by atoms with Crippen LogP contribution in [0, 0.1) is 4.51 Å². The summed E-state index contributed by atoms with van der Waals surface area (Å²) >= 11 is 12.7. The van der Waals surface area contributed by atoms with Crippen LogP contribution in [0.15, 0.2) is 69.6 Å². The van der Waals surface area contributed by atoms with Gasteiger partial charge in [0.1, 0.15) is 0 Å². The minimum atomic E-state index is 0.815. The van der Waals surface area contributed by atoms with E-state index >= 15 is 0 Å². The third-order valence-electron chi connectivity index (χ3n) is 3.58.